The van der Waals surface area contributed by atoms with Crippen LogP contribution in [0, 0.1) is 0 Å². The average Bonchev–Trinajstić information content (AvgIpc) is 2.41. The number of nitrogens with one attached hydrogen (secondary N) is 1. The lowest BCUT2D eigenvalue weighted by Gasteiger charge is -2.08. The van der Waals surface area contributed by atoms with Crippen molar-refractivity contribution in [2.45, 2.75) is 46.6 Å². The first-order chi connectivity index (χ1) is 9.49. The van der Waals surface area contributed by atoms with Crippen LogP contribution in [0.4, 0.5) is 0 Å². The summed E-state index contributed by atoms with van der Waals surface area (Å²) in [5.41, 5.74) is 5.05. The molecule has 4 nitrogen and oxygen atoms in total. The number of Topliss-reactive ketones (excluding diaryl/α,β-unsaturated/α-hetero) is 1. The zero-order valence-electron chi connectivity index (χ0n) is 12.8. The zero-order chi connectivity index (χ0) is 15.0. The predicted octanol–water partition coefficient (Wildman–Crippen LogP) is 3.16. The SMILES string of the molecule is CC(=O)CCCOc1ccc(/C(C)=N/NC(C)C)cc1. The third kappa shape index (κ3) is 6.36. The average molecular weight is 276 g/mol. The maximum absolute atomic E-state index is 10.8. The molecule has 0 spiro atoms. The fourth-order valence-corrected chi connectivity index (χ4v) is 1.59. The molecule has 110 valence electrons. The summed E-state index contributed by atoms with van der Waals surface area (Å²) in [5, 5.41) is 4.31. The first-order valence-corrected chi connectivity index (χ1v) is 7.01. The molecule has 20 heavy (non-hydrogen) atoms. The van der Waals surface area contributed by atoms with Crippen LogP contribution < -0.4 is 10.2 Å². The lowest BCUT2D eigenvalue weighted by atomic mass is 10.1. The van der Waals surface area contributed by atoms with Gasteiger partial charge in [-0.1, -0.05) is 0 Å². The maximum atomic E-state index is 10.8. The number of hydrazone groups is 1. The molecule has 1 N–H and O–H groups in total. The Hall–Kier alpha value is -1.84. The summed E-state index contributed by atoms with van der Waals surface area (Å²) in [7, 11) is 0. The summed E-state index contributed by atoms with van der Waals surface area (Å²) in [6, 6.07) is 8.16. The van der Waals surface area contributed by atoms with Crippen LogP contribution in [0.3, 0.4) is 0 Å². The van der Waals surface area contributed by atoms with Gasteiger partial charge in [-0.15, -0.1) is 0 Å². The van der Waals surface area contributed by atoms with Crippen LogP contribution in [-0.4, -0.2) is 24.1 Å². The number of hydrogen-bond acceptors (Lipinski definition) is 4. The minimum absolute atomic E-state index is 0.202. The molecule has 0 saturated carbocycles. The number of carbonyl (C=O) groups excluding carboxylic acids is 1. The highest BCUT2D eigenvalue weighted by Gasteiger charge is 2.00. The molecule has 4 heteroatoms. The third-order valence-electron chi connectivity index (χ3n) is 2.70. The van der Waals surface area contributed by atoms with Crippen molar-refractivity contribution in [1.82, 2.24) is 5.43 Å². The number of ketones is 1. The van der Waals surface area contributed by atoms with E-state index in [4.69, 9.17) is 4.74 Å². The van der Waals surface area contributed by atoms with Gasteiger partial charge in [0.1, 0.15) is 11.5 Å². The van der Waals surface area contributed by atoms with E-state index in [1.165, 1.54) is 0 Å². The molecule has 0 heterocycles. The molecular weight excluding hydrogens is 252 g/mol. The van der Waals surface area contributed by atoms with Crippen molar-refractivity contribution >= 4 is 11.5 Å². The molecule has 0 amide bonds. The van der Waals surface area contributed by atoms with Crippen LogP contribution in [0.5, 0.6) is 5.75 Å². The van der Waals surface area contributed by atoms with Gasteiger partial charge in [-0.05, 0) is 63.9 Å². The highest BCUT2D eigenvalue weighted by atomic mass is 16.5. The Morgan fingerprint density at radius 2 is 1.90 bits per heavy atom. The topological polar surface area (TPSA) is 50.7 Å². The van der Waals surface area contributed by atoms with Crippen molar-refractivity contribution in [3.63, 3.8) is 0 Å². The van der Waals surface area contributed by atoms with Crippen LogP contribution in [0.1, 0.15) is 46.1 Å². The van der Waals surface area contributed by atoms with E-state index in [1.807, 2.05) is 31.2 Å². The summed E-state index contributed by atoms with van der Waals surface area (Å²) in [5.74, 6) is 1.02. The summed E-state index contributed by atoms with van der Waals surface area (Å²) >= 11 is 0. The Morgan fingerprint density at radius 3 is 2.45 bits per heavy atom. The molecule has 0 aliphatic heterocycles. The monoisotopic (exact) mass is 276 g/mol. The molecule has 0 fully saturated rings. The lowest BCUT2D eigenvalue weighted by Crippen LogP contribution is -2.18. The molecule has 1 aromatic carbocycles. The van der Waals surface area contributed by atoms with E-state index in [-0.39, 0.29) is 5.78 Å². The molecule has 0 bridgehead atoms. The molecule has 1 aromatic rings. The number of nitrogens with zero attached hydrogens (tertiary/aromatic N) is 1. The number of rotatable bonds is 8. The van der Waals surface area contributed by atoms with Crippen molar-refractivity contribution in [3.05, 3.63) is 29.8 Å². The largest absolute Gasteiger partial charge is 0.494 e. The third-order valence-corrected chi connectivity index (χ3v) is 2.70. The summed E-state index contributed by atoms with van der Waals surface area (Å²) in [6.45, 7) is 8.24. The van der Waals surface area contributed by atoms with Gasteiger partial charge < -0.3 is 15.0 Å². The molecule has 0 saturated heterocycles. The Kier molecular flexibility index (Phi) is 6.77. The molecule has 0 atom stereocenters. The Labute approximate surface area is 121 Å². The van der Waals surface area contributed by atoms with E-state index in [0.717, 1.165) is 23.4 Å². The van der Waals surface area contributed by atoms with Crippen molar-refractivity contribution in [3.8, 4) is 5.75 Å². The summed E-state index contributed by atoms with van der Waals surface area (Å²) < 4.78 is 5.58. The summed E-state index contributed by atoms with van der Waals surface area (Å²) in [4.78, 5) is 10.8. The first-order valence-electron chi connectivity index (χ1n) is 7.01. The van der Waals surface area contributed by atoms with E-state index >= 15 is 0 Å². The second-order valence-electron chi connectivity index (χ2n) is 5.16. The van der Waals surface area contributed by atoms with Gasteiger partial charge >= 0.3 is 0 Å². The van der Waals surface area contributed by atoms with Crippen LogP contribution in [-0.2, 0) is 4.79 Å². The number of benzene rings is 1. The van der Waals surface area contributed by atoms with Crippen LogP contribution >= 0.6 is 0 Å². The lowest BCUT2D eigenvalue weighted by molar-refractivity contribution is -0.117. The summed E-state index contributed by atoms with van der Waals surface area (Å²) in [6.07, 6.45) is 1.33. The highest BCUT2D eigenvalue weighted by Crippen LogP contribution is 2.13. The van der Waals surface area contributed by atoms with Crippen LogP contribution in [0.25, 0.3) is 0 Å². The minimum Gasteiger partial charge on any atom is -0.494 e. The number of carbonyl (C=O) groups is 1. The Morgan fingerprint density at radius 1 is 1.25 bits per heavy atom. The minimum atomic E-state index is 0.202. The van der Waals surface area contributed by atoms with Gasteiger partial charge in [-0.25, -0.2) is 0 Å². The fraction of sp³-hybridized carbons (Fsp3) is 0.500. The van der Waals surface area contributed by atoms with Gasteiger partial charge in [0.05, 0.1) is 12.3 Å². The van der Waals surface area contributed by atoms with Gasteiger partial charge in [-0.2, -0.15) is 5.10 Å². The predicted molar refractivity (Wildman–Crippen MR) is 82.3 cm³/mol. The van der Waals surface area contributed by atoms with Crippen molar-refractivity contribution in [1.29, 1.82) is 0 Å². The van der Waals surface area contributed by atoms with Crippen molar-refractivity contribution < 1.29 is 9.53 Å². The molecular formula is C16H24N2O2. The van der Waals surface area contributed by atoms with Crippen molar-refractivity contribution in [2.24, 2.45) is 5.10 Å². The van der Waals surface area contributed by atoms with Crippen LogP contribution in [0.2, 0.25) is 0 Å². The van der Waals surface area contributed by atoms with Gasteiger partial charge in [0.2, 0.25) is 0 Å². The second kappa shape index (κ2) is 8.35. The van der Waals surface area contributed by atoms with E-state index in [1.54, 1.807) is 6.92 Å². The standard InChI is InChI=1S/C16H24N2O2/c1-12(2)17-18-14(4)15-7-9-16(10-8-15)20-11-5-6-13(3)19/h7-10,12,17H,5-6,11H2,1-4H3/b18-14+. The van der Waals surface area contributed by atoms with Gasteiger partial charge in [0, 0.05) is 12.5 Å². The van der Waals surface area contributed by atoms with Gasteiger partial charge in [0.25, 0.3) is 0 Å². The van der Waals surface area contributed by atoms with E-state index in [9.17, 15) is 4.79 Å². The molecule has 0 aromatic heterocycles. The van der Waals surface area contributed by atoms with Crippen LogP contribution in [0.15, 0.2) is 29.4 Å². The smallest absolute Gasteiger partial charge is 0.129 e. The van der Waals surface area contributed by atoms with E-state index in [2.05, 4.69) is 24.4 Å². The highest BCUT2D eigenvalue weighted by molar-refractivity contribution is 5.98. The quantitative estimate of drug-likeness (QED) is 0.451. The van der Waals surface area contributed by atoms with Gasteiger partial charge in [0.15, 0.2) is 0 Å². The van der Waals surface area contributed by atoms with Gasteiger partial charge in [-0.3, -0.25) is 0 Å². The molecule has 0 radical (unpaired) electrons. The van der Waals surface area contributed by atoms with Crippen molar-refractivity contribution in [2.75, 3.05) is 6.61 Å². The molecule has 1 rings (SSSR count). The second-order valence-corrected chi connectivity index (χ2v) is 5.16. The maximum Gasteiger partial charge on any atom is 0.129 e. The molecule has 0 aliphatic rings. The van der Waals surface area contributed by atoms with E-state index < -0.39 is 0 Å². The van der Waals surface area contributed by atoms with E-state index in [0.29, 0.717) is 19.1 Å². The first kappa shape index (κ1) is 16.2. The molecule has 0 unspecified atom stereocenters. The normalized spacial score (nSPS) is 11.6. The number of hydrogen-bond donors (Lipinski definition) is 1. The zero-order valence-corrected chi connectivity index (χ0v) is 12.8. The Balaban J connectivity index is 2.47. The number of ether oxygens (including phenoxy) is 1. The Bertz CT molecular complexity index is 450. The molecule has 0 aliphatic carbocycles. The fourth-order valence-electron chi connectivity index (χ4n) is 1.59.